The van der Waals surface area contributed by atoms with Crippen molar-refractivity contribution < 1.29 is 17.9 Å². The van der Waals surface area contributed by atoms with Crippen LogP contribution in [-0.2, 0) is 14.6 Å². The first kappa shape index (κ1) is 14.7. The van der Waals surface area contributed by atoms with Crippen LogP contribution in [0.2, 0.25) is 0 Å². The van der Waals surface area contributed by atoms with E-state index in [0.29, 0.717) is 0 Å². The second-order valence-corrected chi connectivity index (χ2v) is 6.67. The molecule has 0 amide bonds. The Kier molecular flexibility index (Phi) is 4.51. The first-order chi connectivity index (χ1) is 8.27. The van der Waals surface area contributed by atoms with Gasteiger partial charge in [-0.1, -0.05) is 25.5 Å². The molecule has 0 saturated heterocycles. The number of carbonyl (C=O) groups excluding carboxylic acids is 1. The van der Waals surface area contributed by atoms with Gasteiger partial charge in [0.05, 0.1) is 23.3 Å². The smallest absolute Gasteiger partial charge is 0.339 e. The molecule has 0 fully saturated rings. The molecule has 100 valence electrons. The molecule has 0 aliphatic carbocycles. The zero-order valence-corrected chi connectivity index (χ0v) is 11.9. The minimum atomic E-state index is -3.46. The molecule has 0 unspecified atom stereocenters. The fraction of sp³-hybridized carbons (Fsp3) is 0.462. The summed E-state index contributed by atoms with van der Waals surface area (Å²) in [5, 5.41) is 0. The van der Waals surface area contributed by atoms with Crippen LogP contribution in [0.15, 0.2) is 23.1 Å². The maximum Gasteiger partial charge on any atom is 0.339 e. The number of benzene rings is 1. The zero-order valence-electron chi connectivity index (χ0n) is 11.1. The maximum absolute atomic E-state index is 12.2. The molecule has 0 heterocycles. The number of methoxy groups -OCH3 is 1. The highest BCUT2D eigenvalue weighted by Crippen LogP contribution is 2.21. The summed E-state index contributed by atoms with van der Waals surface area (Å²) in [6.07, 6.45) is 0. The lowest BCUT2D eigenvalue weighted by molar-refractivity contribution is 0.0596. The third kappa shape index (κ3) is 3.32. The molecule has 18 heavy (non-hydrogen) atoms. The molecular weight excluding hydrogens is 252 g/mol. The standard InChI is InChI=1S/C13H18O4S/c1-9(2)8-18(15,16)12-6-5-10(3)7-11(12)13(14)17-4/h5-7,9H,8H2,1-4H3. The molecule has 0 spiro atoms. The number of hydrogen-bond donors (Lipinski definition) is 0. The maximum atomic E-state index is 12.2. The normalized spacial score (nSPS) is 11.6. The molecule has 0 N–H and O–H groups in total. The van der Waals surface area contributed by atoms with Crippen LogP contribution < -0.4 is 0 Å². The Morgan fingerprint density at radius 1 is 1.33 bits per heavy atom. The molecule has 0 radical (unpaired) electrons. The van der Waals surface area contributed by atoms with E-state index in [1.54, 1.807) is 19.1 Å². The summed E-state index contributed by atoms with van der Waals surface area (Å²) >= 11 is 0. The Morgan fingerprint density at radius 3 is 2.44 bits per heavy atom. The number of hydrogen-bond acceptors (Lipinski definition) is 4. The highest BCUT2D eigenvalue weighted by molar-refractivity contribution is 7.91. The monoisotopic (exact) mass is 270 g/mol. The van der Waals surface area contributed by atoms with Gasteiger partial charge in [-0.2, -0.15) is 0 Å². The third-order valence-corrected chi connectivity index (χ3v) is 4.56. The predicted molar refractivity (Wildman–Crippen MR) is 69.4 cm³/mol. The second kappa shape index (κ2) is 5.52. The molecule has 4 nitrogen and oxygen atoms in total. The molecule has 0 saturated carbocycles. The Morgan fingerprint density at radius 2 is 1.94 bits per heavy atom. The Hall–Kier alpha value is -1.36. The first-order valence-corrected chi connectivity index (χ1v) is 7.35. The Bertz CT molecular complexity index is 544. The molecule has 0 aliphatic rings. The van der Waals surface area contributed by atoms with Gasteiger partial charge in [0.1, 0.15) is 0 Å². The average molecular weight is 270 g/mol. The van der Waals surface area contributed by atoms with Crippen LogP contribution in [0, 0.1) is 12.8 Å². The minimum absolute atomic E-state index is 0.00167. The van der Waals surface area contributed by atoms with Gasteiger partial charge < -0.3 is 4.74 Å². The summed E-state index contributed by atoms with van der Waals surface area (Å²) in [7, 11) is -2.22. The van der Waals surface area contributed by atoms with Crippen molar-refractivity contribution in [3.63, 3.8) is 0 Å². The Balaban J connectivity index is 3.36. The molecule has 1 aromatic carbocycles. The van der Waals surface area contributed by atoms with Gasteiger partial charge in [0, 0.05) is 0 Å². The molecule has 0 bridgehead atoms. The van der Waals surface area contributed by atoms with Crippen molar-refractivity contribution in [2.75, 3.05) is 12.9 Å². The van der Waals surface area contributed by atoms with Gasteiger partial charge >= 0.3 is 5.97 Å². The summed E-state index contributed by atoms with van der Waals surface area (Å²) in [5.41, 5.74) is 0.928. The Labute approximate surface area is 108 Å². The average Bonchev–Trinajstić information content (AvgIpc) is 2.25. The topological polar surface area (TPSA) is 60.4 Å². The number of ether oxygens (including phenoxy) is 1. The highest BCUT2D eigenvalue weighted by atomic mass is 32.2. The van der Waals surface area contributed by atoms with Crippen molar-refractivity contribution in [1.29, 1.82) is 0 Å². The molecular formula is C13H18O4S. The lowest BCUT2D eigenvalue weighted by Gasteiger charge is -2.11. The van der Waals surface area contributed by atoms with Crippen LogP contribution >= 0.6 is 0 Å². The molecule has 1 aromatic rings. The summed E-state index contributed by atoms with van der Waals surface area (Å²) in [6, 6.07) is 4.69. The van der Waals surface area contributed by atoms with Crippen molar-refractivity contribution in [3.8, 4) is 0 Å². The fourth-order valence-corrected chi connectivity index (χ4v) is 3.52. The van der Waals surface area contributed by atoms with E-state index in [1.807, 2.05) is 13.8 Å². The van der Waals surface area contributed by atoms with Crippen LogP contribution in [0.25, 0.3) is 0 Å². The first-order valence-electron chi connectivity index (χ1n) is 5.69. The van der Waals surface area contributed by atoms with Crippen molar-refractivity contribution in [2.45, 2.75) is 25.7 Å². The van der Waals surface area contributed by atoms with Gasteiger partial charge in [0.2, 0.25) is 0 Å². The number of carbonyl (C=O) groups is 1. The van der Waals surface area contributed by atoms with Gasteiger partial charge in [-0.05, 0) is 25.0 Å². The van der Waals surface area contributed by atoms with Crippen LogP contribution in [0.5, 0.6) is 0 Å². The predicted octanol–water partition coefficient (Wildman–Crippen LogP) is 2.21. The van der Waals surface area contributed by atoms with Gasteiger partial charge in [0.25, 0.3) is 0 Å². The lowest BCUT2D eigenvalue weighted by Crippen LogP contribution is -2.16. The molecule has 5 heteroatoms. The van der Waals surface area contributed by atoms with Crippen LogP contribution in [0.4, 0.5) is 0 Å². The minimum Gasteiger partial charge on any atom is -0.465 e. The number of rotatable bonds is 4. The number of sulfone groups is 1. The van der Waals surface area contributed by atoms with E-state index in [2.05, 4.69) is 4.74 Å². The van der Waals surface area contributed by atoms with E-state index in [1.165, 1.54) is 13.2 Å². The van der Waals surface area contributed by atoms with Gasteiger partial charge in [-0.25, -0.2) is 13.2 Å². The zero-order chi connectivity index (χ0) is 13.9. The van der Waals surface area contributed by atoms with Crippen molar-refractivity contribution in [3.05, 3.63) is 29.3 Å². The van der Waals surface area contributed by atoms with E-state index in [0.717, 1.165) is 5.56 Å². The number of esters is 1. The SMILES string of the molecule is COC(=O)c1cc(C)ccc1S(=O)(=O)CC(C)C. The van der Waals surface area contributed by atoms with E-state index in [-0.39, 0.29) is 22.1 Å². The quantitative estimate of drug-likeness (QED) is 0.787. The highest BCUT2D eigenvalue weighted by Gasteiger charge is 2.23. The van der Waals surface area contributed by atoms with Crippen molar-refractivity contribution in [1.82, 2.24) is 0 Å². The third-order valence-electron chi connectivity index (χ3n) is 2.43. The largest absolute Gasteiger partial charge is 0.465 e. The van der Waals surface area contributed by atoms with E-state index in [4.69, 9.17) is 0 Å². The van der Waals surface area contributed by atoms with Crippen LogP contribution in [-0.4, -0.2) is 27.2 Å². The molecule has 1 rings (SSSR count). The molecule has 0 atom stereocenters. The van der Waals surface area contributed by atoms with Crippen molar-refractivity contribution in [2.24, 2.45) is 5.92 Å². The fourth-order valence-electron chi connectivity index (χ4n) is 1.71. The summed E-state index contributed by atoms with van der Waals surface area (Å²) in [6.45, 7) is 5.44. The summed E-state index contributed by atoms with van der Waals surface area (Å²) in [4.78, 5) is 11.7. The van der Waals surface area contributed by atoms with E-state index >= 15 is 0 Å². The van der Waals surface area contributed by atoms with E-state index in [9.17, 15) is 13.2 Å². The van der Waals surface area contributed by atoms with Crippen LogP contribution in [0.3, 0.4) is 0 Å². The molecule has 0 aliphatic heterocycles. The van der Waals surface area contributed by atoms with Crippen LogP contribution in [0.1, 0.15) is 29.8 Å². The summed E-state index contributed by atoms with van der Waals surface area (Å²) in [5.74, 6) is -0.608. The van der Waals surface area contributed by atoms with Gasteiger partial charge in [-0.15, -0.1) is 0 Å². The second-order valence-electron chi connectivity index (χ2n) is 4.67. The van der Waals surface area contributed by atoms with Crippen molar-refractivity contribution >= 4 is 15.8 Å². The van der Waals surface area contributed by atoms with E-state index < -0.39 is 15.8 Å². The number of aryl methyl sites for hydroxylation is 1. The van der Waals surface area contributed by atoms with Gasteiger partial charge in [0.15, 0.2) is 9.84 Å². The molecule has 0 aromatic heterocycles. The van der Waals surface area contributed by atoms with Gasteiger partial charge in [-0.3, -0.25) is 0 Å². The lowest BCUT2D eigenvalue weighted by atomic mass is 10.1. The summed E-state index contributed by atoms with van der Waals surface area (Å²) < 4.78 is 29.0.